The predicted octanol–water partition coefficient (Wildman–Crippen LogP) is 3.42. The topological polar surface area (TPSA) is 40.6 Å². The van der Waals surface area contributed by atoms with Crippen molar-refractivity contribution in [1.29, 1.82) is 0 Å². The van der Waals surface area contributed by atoms with Crippen molar-refractivity contribution in [3.8, 4) is 0 Å². The SMILES string of the molecule is CC(=O)N(CC(=O)N1CCc2ccccc2C1)c1ccc(F)c(Cl)c1. The molecule has 1 heterocycles. The maximum atomic E-state index is 13.3. The number of hydrogen-bond acceptors (Lipinski definition) is 2. The quantitative estimate of drug-likeness (QED) is 0.841. The van der Waals surface area contributed by atoms with Gasteiger partial charge >= 0.3 is 0 Å². The van der Waals surface area contributed by atoms with Crippen LogP contribution in [-0.4, -0.2) is 29.8 Å². The standard InChI is InChI=1S/C19H18ClFN2O2/c1-13(24)23(16-6-7-18(21)17(20)10-16)12-19(25)22-9-8-14-4-2-3-5-15(14)11-22/h2-7,10H,8-9,11-12H2,1H3. The second-order valence-electron chi connectivity index (χ2n) is 6.04. The second kappa shape index (κ2) is 7.23. The molecule has 0 atom stereocenters. The summed E-state index contributed by atoms with van der Waals surface area (Å²) in [6.45, 7) is 2.42. The summed E-state index contributed by atoms with van der Waals surface area (Å²) < 4.78 is 13.3. The van der Waals surface area contributed by atoms with Gasteiger partial charge in [-0.05, 0) is 35.7 Å². The van der Waals surface area contributed by atoms with E-state index in [0.717, 1.165) is 12.0 Å². The van der Waals surface area contributed by atoms with E-state index < -0.39 is 5.82 Å². The molecule has 0 aliphatic carbocycles. The Bertz CT molecular complexity index is 825. The molecular weight excluding hydrogens is 343 g/mol. The Morgan fingerprint density at radius 3 is 2.60 bits per heavy atom. The van der Waals surface area contributed by atoms with E-state index in [2.05, 4.69) is 6.07 Å². The number of amides is 2. The molecule has 0 spiro atoms. The Balaban J connectivity index is 1.75. The Labute approximate surface area is 150 Å². The summed E-state index contributed by atoms with van der Waals surface area (Å²) in [4.78, 5) is 27.7. The van der Waals surface area contributed by atoms with Gasteiger partial charge in [0.15, 0.2) is 0 Å². The van der Waals surface area contributed by atoms with Gasteiger partial charge in [-0.1, -0.05) is 35.9 Å². The number of fused-ring (bicyclic) bond motifs is 1. The van der Waals surface area contributed by atoms with E-state index in [9.17, 15) is 14.0 Å². The fraction of sp³-hybridized carbons (Fsp3) is 0.263. The van der Waals surface area contributed by atoms with E-state index in [1.54, 1.807) is 4.90 Å². The summed E-state index contributed by atoms with van der Waals surface area (Å²) in [5, 5.41) is -0.0805. The number of benzene rings is 2. The van der Waals surface area contributed by atoms with Crippen molar-refractivity contribution in [2.24, 2.45) is 0 Å². The minimum atomic E-state index is -0.562. The molecule has 25 heavy (non-hydrogen) atoms. The highest BCUT2D eigenvalue weighted by atomic mass is 35.5. The second-order valence-corrected chi connectivity index (χ2v) is 6.44. The lowest BCUT2D eigenvalue weighted by Gasteiger charge is -2.31. The predicted molar refractivity (Wildman–Crippen MR) is 95.0 cm³/mol. The number of hydrogen-bond donors (Lipinski definition) is 0. The first-order chi connectivity index (χ1) is 12.0. The third-order valence-electron chi connectivity index (χ3n) is 4.37. The van der Waals surface area contributed by atoms with Crippen LogP contribution < -0.4 is 4.90 Å². The van der Waals surface area contributed by atoms with Gasteiger partial charge in [0.25, 0.3) is 0 Å². The van der Waals surface area contributed by atoms with Crippen LogP contribution in [0.25, 0.3) is 0 Å². The molecule has 2 amide bonds. The Morgan fingerprint density at radius 1 is 1.20 bits per heavy atom. The average Bonchev–Trinajstić information content (AvgIpc) is 2.61. The van der Waals surface area contributed by atoms with Crippen molar-refractivity contribution in [2.45, 2.75) is 19.9 Å². The van der Waals surface area contributed by atoms with E-state index in [-0.39, 0.29) is 23.4 Å². The van der Waals surface area contributed by atoms with Gasteiger partial charge in [0.05, 0.1) is 5.02 Å². The first kappa shape index (κ1) is 17.4. The minimum Gasteiger partial charge on any atom is -0.336 e. The molecule has 0 bridgehead atoms. The van der Waals surface area contributed by atoms with E-state index in [4.69, 9.17) is 11.6 Å². The molecule has 130 valence electrons. The molecule has 0 saturated heterocycles. The van der Waals surface area contributed by atoms with Crippen molar-refractivity contribution in [1.82, 2.24) is 4.90 Å². The van der Waals surface area contributed by atoms with Gasteiger partial charge in [-0.3, -0.25) is 9.59 Å². The van der Waals surface area contributed by atoms with Gasteiger partial charge in [0.2, 0.25) is 11.8 Å². The highest BCUT2D eigenvalue weighted by Crippen LogP contribution is 2.24. The average molecular weight is 361 g/mol. The molecule has 4 nitrogen and oxygen atoms in total. The smallest absolute Gasteiger partial charge is 0.242 e. The molecular formula is C19H18ClFN2O2. The van der Waals surface area contributed by atoms with Gasteiger partial charge < -0.3 is 9.80 Å². The van der Waals surface area contributed by atoms with E-state index >= 15 is 0 Å². The molecule has 0 fully saturated rings. The molecule has 0 unspecified atom stereocenters. The zero-order chi connectivity index (χ0) is 18.0. The third-order valence-corrected chi connectivity index (χ3v) is 4.66. The van der Waals surface area contributed by atoms with Crippen LogP contribution in [0.5, 0.6) is 0 Å². The zero-order valence-corrected chi connectivity index (χ0v) is 14.6. The van der Waals surface area contributed by atoms with E-state index in [1.807, 2.05) is 18.2 Å². The summed E-state index contributed by atoms with van der Waals surface area (Å²) in [5.41, 5.74) is 2.78. The zero-order valence-electron chi connectivity index (χ0n) is 13.8. The summed E-state index contributed by atoms with van der Waals surface area (Å²) >= 11 is 5.80. The number of nitrogens with zero attached hydrogens (tertiary/aromatic N) is 2. The monoisotopic (exact) mass is 360 g/mol. The summed E-state index contributed by atoms with van der Waals surface area (Å²) in [6.07, 6.45) is 0.796. The van der Waals surface area contributed by atoms with Crippen LogP contribution in [0.3, 0.4) is 0 Å². The van der Waals surface area contributed by atoms with Crippen LogP contribution in [0.4, 0.5) is 10.1 Å². The van der Waals surface area contributed by atoms with Crippen LogP contribution in [0.15, 0.2) is 42.5 Å². The largest absolute Gasteiger partial charge is 0.336 e. The van der Waals surface area contributed by atoms with Crippen LogP contribution in [0.2, 0.25) is 5.02 Å². The van der Waals surface area contributed by atoms with Gasteiger partial charge in [0.1, 0.15) is 12.4 Å². The molecule has 1 aliphatic rings. The fourth-order valence-corrected chi connectivity index (χ4v) is 3.16. The van der Waals surface area contributed by atoms with Crippen LogP contribution in [0.1, 0.15) is 18.1 Å². The Morgan fingerprint density at radius 2 is 1.92 bits per heavy atom. The van der Waals surface area contributed by atoms with Crippen molar-refractivity contribution >= 4 is 29.1 Å². The molecule has 6 heteroatoms. The minimum absolute atomic E-state index is 0.0805. The molecule has 2 aromatic carbocycles. The highest BCUT2D eigenvalue weighted by Gasteiger charge is 2.24. The van der Waals surface area contributed by atoms with Gasteiger partial charge in [-0.2, -0.15) is 0 Å². The molecule has 0 saturated carbocycles. The lowest BCUT2D eigenvalue weighted by molar-refractivity contribution is -0.132. The van der Waals surface area contributed by atoms with Crippen molar-refractivity contribution < 1.29 is 14.0 Å². The van der Waals surface area contributed by atoms with Gasteiger partial charge in [0, 0.05) is 25.7 Å². The van der Waals surface area contributed by atoms with E-state index in [1.165, 1.54) is 35.6 Å². The summed E-state index contributed by atoms with van der Waals surface area (Å²) in [6, 6.07) is 12.0. The number of carbonyl (C=O) groups is 2. The summed E-state index contributed by atoms with van der Waals surface area (Å²) in [7, 11) is 0. The number of carbonyl (C=O) groups excluding carboxylic acids is 2. The highest BCUT2D eigenvalue weighted by molar-refractivity contribution is 6.31. The maximum Gasteiger partial charge on any atom is 0.242 e. The molecule has 0 radical (unpaired) electrons. The normalized spacial score (nSPS) is 13.3. The molecule has 3 rings (SSSR count). The van der Waals surface area contributed by atoms with Crippen LogP contribution in [0, 0.1) is 5.82 Å². The van der Waals surface area contributed by atoms with Crippen molar-refractivity contribution in [3.63, 3.8) is 0 Å². The molecule has 0 N–H and O–H groups in total. The van der Waals surface area contributed by atoms with E-state index in [0.29, 0.717) is 18.8 Å². The van der Waals surface area contributed by atoms with Crippen molar-refractivity contribution in [3.05, 3.63) is 64.4 Å². The Kier molecular flexibility index (Phi) is 5.04. The van der Waals surface area contributed by atoms with Crippen LogP contribution in [-0.2, 0) is 22.6 Å². The fourth-order valence-electron chi connectivity index (χ4n) is 2.98. The van der Waals surface area contributed by atoms with Crippen LogP contribution >= 0.6 is 11.6 Å². The summed E-state index contributed by atoms with van der Waals surface area (Å²) in [5.74, 6) is -1.01. The first-order valence-electron chi connectivity index (χ1n) is 8.03. The maximum absolute atomic E-state index is 13.3. The molecule has 1 aliphatic heterocycles. The Hall–Kier alpha value is -2.40. The molecule has 2 aromatic rings. The number of halogens is 2. The third kappa shape index (κ3) is 3.82. The number of rotatable bonds is 3. The van der Waals surface area contributed by atoms with Crippen molar-refractivity contribution in [2.75, 3.05) is 18.0 Å². The molecule has 0 aromatic heterocycles. The van der Waals surface area contributed by atoms with Gasteiger partial charge in [-0.25, -0.2) is 4.39 Å². The lowest BCUT2D eigenvalue weighted by atomic mass is 10.00. The lowest BCUT2D eigenvalue weighted by Crippen LogP contribution is -2.44. The number of anilines is 1. The van der Waals surface area contributed by atoms with Gasteiger partial charge in [-0.15, -0.1) is 0 Å². The first-order valence-corrected chi connectivity index (χ1v) is 8.41.